The number of nitrogen functional groups attached to an aromatic ring is 1. The Morgan fingerprint density at radius 2 is 1.12 bits per heavy atom. The Morgan fingerprint density at radius 1 is 0.654 bits per heavy atom. The average molecular weight is 367 g/mol. The van der Waals surface area contributed by atoms with Gasteiger partial charge < -0.3 is 14.8 Å². The van der Waals surface area contributed by atoms with Gasteiger partial charge in [0.25, 0.3) is 0 Å². The number of nitrogens with two attached hydrogens (primary N) is 1. The summed E-state index contributed by atoms with van der Waals surface area (Å²) in [4.78, 5) is 0. The number of anilines is 1. The standard InChI is InChI=1S/C21H22NO3P/c22-21-13-11-20(12-14-21)17-26(23,24-15-18-7-3-1-4-8-18)25-16-19-9-5-2-6-10-19/h1-14H,15-17,22H2. The fourth-order valence-corrected chi connectivity index (χ4v) is 4.08. The molecule has 5 heteroatoms. The maximum Gasteiger partial charge on any atom is 0.335 e. The topological polar surface area (TPSA) is 61.6 Å². The van der Waals surface area contributed by atoms with Crippen molar-refractivity contribution in [1.29, 1.82) is 0 Å². The van der Waals surface area contributed by atoms with Crippen LogP contribution in [0.25, 0.3) is 0 Å². The van der Waals surface area contributed by atoms with E-state index in [1.165, 1.54) is 0 Å². The van der Waals surface area contributed by atoms with Gasteiger partial charge >= 0.3 is 7.60 Å². The lowest BCUT2D eigenvalue weighted by molar-refractivity contribution is 0.190. The van der Waals surface area contributed by atoms with E-state index < -0.39 is 7.60 Å². The van der Waals surface area contributed by atoms with Crippen LogP contribution in [0.3, 0.4) is 0 Å². The molecule has 3 aromatic carbocycles. The van der Waals surface area contributed by atoms with Crippen molar-refractivity contribution < 1.29 is 13.6 Å². The highest BCUT2D eigenvalue weighted by atomic mass is 31.2. The summed E-state index contributed by atoms with van der Waals surface area (Å²) < 4.78 is 24.9. The van der Waals surface area contributed by atoms with Gasteiger partial charge in [-0.2, -0.15) is 0 Å². The molecule has 26 heavy (non-hydrogen) atoms. The van der Waals surface area contributed by atoms with Crippen LogP contribution in [0.15, 0.2) is 84.9 Å². The first kappa shape index (κ1) is 18.4. The molecule has 0 unspecified atom stereocenters. The lowest BCUT2D eigenvalue weighted by Gasteiger charge is -2.19. The lowest BCUT2D eigenvalue weighted by atomic mass is 10.2. The molecule has 0 atom stereocenters. The zero-order valence-electron chi connectivity index (χ0n) is 14.5. The molecule has 0 aromatic heterocycles. The summed E-state index contributed by atoms with van der Waals surface area (Å²) in [6, 6.07) is 26.6. The van der Waals surface area contributed by atoms with Gasteiger partial charge in [-0.15, -0.1) is 0 Å². The molecule has 3 aromatic rings. The van der Waals surface area contributed by atoms with E-state index >= 15 is 0 Å². The quantitative estimate of drug-likeness (QED) is 0.428. The summed E-state index contributed by atoms with van der Waals surface area (Å²) in [5.74, 6) is 0. The zero-order valence-corrected chi connectivity index (χ0v) is 15.3. The molecule has 0 aliphatic heterocycles. The Morgan fingerprint density at radius 3 is 1.58 bits per heavy atom. The number of hydrogen-bond acceptors (Lipinski definition) is 4. The van der Waals surface area contributed by atoms with Gasteiger partial charge in [0.05, 0.1) is 19.4 Å². The van der Waals surface area contributed by atoms with E-state index in [2.05, 4.69) is 0 Å². The molecule has 3 rings (SSSR count). The van der Waals surface area contributed by atoms with E-state index in [4.69, 9.17) is 14.8 Å². The van der Waals surface area contributed by atoms with Gasteiger partial charge in [0.1, 0.15) is 0 Å². The second kappa shape index (κ2) is 8.81. The predicted octanol–water partition coefficient (Wildman–Crippen LogP) is 5.40. The second-order valence-corrected chi connectivity index (χ2v) is 8.08. The van der Waals surface area contributed by atoms with Crippen LogP contribution in [0.2, 0.25) is 0 Å². The molecule has 0 spiro atoms. The Balaban J connectivity index is 1.72. The molecular formula is C21H22NO3P. The van der Waals surface area contributed by atoms with Gasteiger partial charge in [-0.1, -0.05) is 72.8 Å². The predicted molar refractivity (Wildman–Crippen MR) is 105 cm³/mol. The Bertz CT molecular complexity index is 804. The van der Waals surface area contributed by atoms with Crippen LogP contribution < -0.4 is 5.73 Å². The molecule has 0 fully saturated rings. The minimum atomic E-state index is -3.33. The molecule has 0 saturated carbocycles. The fourth-order valence-electron chi connectivity index (χ4n) is 2.47. The first-order chi connectivity index (χ1) is 12.6. The summed E-state index contributed by atoms with van der Waals surface area (Å²) >= 11 is 0. The largest absolute Gasteiger partial charge is 0.399 e. The highest BCUT2D eigenvalue weighted by molar-refractivity contribution is 7.52. The molecule has 0 heterocycles. The second-order valence-electron chi connectivity index (χ2n) is 6.03. The van der Waals surface area contributed by atoms with E-state index in [1.54, 1.807) is 12.1 Å². The fraction of sp³-hybridized carbons (Fsp3) is 0.143. The van der Waals surface area contributed by atoms with Crippen molar-refractivity contribution in [3.05, 3.63) is 102 Å². The van der Waals surface area contributed by atoms with Crippen LogP contribution in [0, 0.1) is 0 Å². The highest BCUT2D eigenvalue weighted by Crippen LogP contribution is 2.52. The third-order valence-corrected chi connectivity index (χ3v) is 5.69. The lowest BCUT2D eigenvalue weighted by Crippen LogP contribution is -2.01. The first-order valence-corrected chi connectivity index (χ1v) is 10.2. The van der Waals surface area contributed by atoms with Gasteiger partial charge in [0, 0.05) is 5.69 Å². The van der Waals surface area contributed by atoms with Gasteiger partial charge in [-0.25, -0.2) is 0 Å². The minimum absolute atomic E-state index is 0.201. The molecule has 0 saturated heterocycles. The molecule has 0 bridgehead atoms. The van der Waals surface area contributed by atoms with E-state index in [0.29, 0.717) is 5.69 Å². The van der Waals surface area contributed by atoms with Gasteiger partial charge in [0.2, 0.25) is 0 Å². The third kappa shape index (κ3) is 5.57. The number of hydrogen-bond donors (Lipinski definition) is 1. The highest BCUT2D eigenvalue weighted by Gasteiger charge is 2.25. The minimum Gasteiger partial charge on any atom is -0.399 e. The van der Waals surface area contributed by atoms with E-state index in [-0.39, 0.29) is 19.4 Å². The Hall–Kier alpha value is -2.39. The van der Waals surface area contributed by atoms with Crippen LogP contribution in [-0.4, -0.2) is 0 Å². The van der Waals surface area contributed by atoms with Crippen LogP contribution >= 0.6 is 7.60 Å². The Labute approximate surface area is 154 Å². The average Bonchev–Trinajstić information content (AvgIpc) is 2.69. The molecule has 0 aliphatic carbocycles. The third-order valence-electron chi connectivity index (χ3n) is 3.90. The smallest absolute Gasteiger partial charge is 0.335 e. The van der Waals surface area contributed by atoms with Gasteiger partial charge in [-0.3, -0.25) is 4.57 Å². The van der Waals surface area contributed by atoms with Crippen LogP contribution in [0.1, 0.15) is 16.7 Å². The molecular weight excluding hydrogens is 345 g/mol. The number of benzene rings is 3. The summed E-state index contributed by atoms with van der Waals surface area (Å²) in [7, 11) is -3.33. The maximum absolute atomic E-state index is 13.3. The summed E-state index contributed by atoms with van der Waals surface area (Å²) in [5, 5.41) is 0. The molecule has 2 N–H and O–H groups in total. The van der Waals surface area contributed by atoms with Crippen LogP contribution in [-0.2, 0) is 33.0 Å². The van der Waals surface area contributed by atoms with Crippen molar-refractivity contribution in [1.82, 2.24) is 0 Å². The van der Waals surface area contributed by atoms with E-state index in [1.807, 2.05) is 72.8 Å². The van der Waals surface area contributed by atoms with Crippen molar-refractivity contribution in [3.63, 3.8) is 0 Å². The Kier molecular flexibility index (Phi) is 6.24. The van der Waals surface area contributed by atoms with Gasteiger partial charge in [-0.05, 0) is 28.8 Å². The van der Waals surface area contributed by atoms with Crippen molar-refractivity contribution in [2.45, 2.75) is 19.4 Å². The molecule has 0 aliphatic rings. The zero-order chi connectivity index (χ0) is 18.2. The van der Waals surface area contributed by atoms with Gasteiger partial charge in [0.15, 0.2) is 0 Å². The maximum atomic E-state index is 13.3. The summed E-state index contributed by atoms with van der Waals surface area (Å²) in [6.45, 7) is 0.476. The first-order valence-electron chi connectivity index (χ1n) is 8.43. The van der Waals surface area contributed by atoms with Crippen molar-refractivity contribution in [3.8, 4) is 0 Å². The summed E-state index contributed by atoms with van der Waals surface area (Å²) in [5.41, 5.74) is 9.16. The normalized spacial score (nSPS) is 11.4. The number of rotatable bonds is 8. The van der Waals surface area contributed by atoms with E-state index in [9.17, 15) is 4.57 Å². The van der Waals surface area contributed by atoms with Crippen molar-refractivity contribution in [2.24, 2.45) is 0 Å². The monoisotopic (exact) mass is 367 g/mol. The van der Waals surface area contributed by atoms with Crippen molar-refractivity contribution >= 4 is 13.3 Å². The van der Waals surface area contributed by atoms with E-state index in [0.717, 1.165) is 16.7 Å². The molecule has 0 radical (unpaired) electrons. The van der Waals surface area contributed by atoms with Crippen LogP contribution in [0.5, 0.6) is 0 Å². The summed E-state index contributed by atoms with van der Waals surface area (Å²) in [6.07, 6.45) is 0.201. The molecule has 0 amide bonds. The van der Waals surface area contributed by atoms with Crippen molar-refractivity contribution in [2.75, 3.05) is 5.73 Å². The van der Waals surface area contributed by atoms with Crippen LogP contribution in [0.4, 0.5) is 5.69 Å². The molecule has 134 valence electrons. The SMILES string of the molecule is Nc1ccc(CP(=O)(OCc2ccccc2)OCc2ccccc2)cc1. The molecule has 4 nitrogen and oxygen atoms in total.